The molecule has 116 valence electrons. The summed E-state index contributed by atoms with van der Waals surface area (Å²) in [5, 5.41) is 7.23. The fourth-order valence-electron chi connectivity index (χ4n) is 3.88. The third kappa shape index (κ3) is 2.75. The molecule has 1 atom stereocenters. The minimum Gasteiger partial charge on any atom is -0.371 e. The van der Waals surface area contributed by atoms with E-state index in [0.29, 0.717) is 5.92 Å². The van der Waals surface area contributed by atoms with E-state index in [4.69, 9.17) is 0 Å². The third-order valence-corrected chi connectivity index (χ3v) is 5.07. The molecule has 2 aliphatic rings. The van der Waals surface area contributed by atoms with E-state index in [2.05, 4.69) is 50.3 Å². The summed E-state index contributed by atoms with van der Waals surface area (Å²) >= 11 is 0. The molecule has 0 amide bonds. The normalized spacial score (nSPS) is 22.5. The Balaban J connectivity index is 1.45. The topological polar surface area (TPSA) is 35.2 Å². The number of anilines is 1. The predicted molar refractivity (Wildman–Crippen MR) is 89.1 cm³/mol. The van der Waals surface area contributed by atoms with Gasteiger partial charge in [0.1, 0.15) is 0 Å². The highest BCUT2D eigenvalue weighted by atomic mass is 15.2. The molecule has 0 spiro atoms. The number of benzene rings is 1. The second-order valence-corrected chi connectivity index (χ2v) is 6.56. The molecule has 22 heavy (non-hydrogen) atoms. The van der Waals surface area contributed by atoms with Crippen LogP contribution in [0.15, 0.2) is 36.5 Å². The summed E-state index contributed by atoms with van der Waals surface area (Å²) in [5.41, 5.74) is 4.22. The summed E-state index contributed by atoms with van der Waals surface area (Å²) < 4.78 is 0. The van der Waals surface area contributed by atoms with Gasteiger partial charge < -0.3 is 4.90 Å². The molecule has 1 aromatic carbocycles. The molecule has 4 nitrogen and oxygen atoms in total. The van der Waals surface area contributed by atoms with Crippen molar-refractivity contribution in [3.8, 4) is 0 Å². The van der Waals surface area contributed by atoms with Gasteiger partial charge in [-0.25, -0.2) is 0 Å². The fraction of sp³-hybridized carbons (Fsp3) is 0.500. The monoisotopic (exact) mass is 296 g/mol. The molecule has 2 aromatic rings. The lowest BCUT2D eigenvalue weighted by molar-refractivity contribution is 0.326. The molecule has 0 radical (unpaired) electrons. The Kier molecular flexibility index (Phi) is 3.85. The van der Waals surface area contributed by atoms with Gasteiger partial charge in [0, 0.05) is 49.7 Å². The number of hydrogen-bond donors (Lipinski definition) is 1. The first-order chi connectivity index (χ1) is 10.9. The average molecular weight is 296 g/mol. The molecule has 0 saturated carbocycles. The van der Waals surface area contributed by atoms with Crippen LogP contribution in [0.5, 0.6) is 0 Å². The molecule has 2 saturated heterocycles. The number of nitrogens with zero attached hydrogens (tertiary/aromatic N) is 3. The zero-order valence-electron chi connectivity index (χ0n) is 13.0. The molecule has 0 aliphatic carbocycles. The number of hydrogen-bond acceptors (Lipinski definition) is 3. The number of likely N-dealkylation sites (tertiary alicyclic amines) is 1. The molecule has 2 aliphatic heterocycles. The van der Waals surface area contributed by atoms with Crippen molar-refractivity contribution in [1.82, 2.24) is 15.1 Å². The number of aromatic nitrogens is 2. The number of rotatable bonds is 4. The second kappa shape index (κ2) is 6.13. The highest BCUT2D eigenvalue weighted by Gasteiger charge is 2.25. The standard InChI is InChI=1S/C18H24N4/c1-2-6-18(22-10-3-4-11-22)16(5-1)14-21-12-8-15(13-21)17-7-9-19-20-17/h1-2,5-7,9,15H,3-4,8,10-14H2,(H,19,20)/t15-/m1/s1. The van der Waals surface area contributed by atoms with Crippen LogP contribution in [0.2, 0.25) is 0 Å². The quantitative estimate of drug-likeness (QED) is 0.942. The lowest BCUT2D eigenvalue weighted by atomic mass is 10.1. The van der Waals surface area contributed by atoms with Gasteiger partial charge in [-0.05, 0) is 43.5 Å². The van der Waals surface area contributed by atoms with Crippen molar-refractivity contribution in [2.24, 2.45) is 0 Å². The molecule has 2 fully saturated rings. The van der Waals surface area contributed by atoms with Crippen molar-refractivity contribution in [3.63, 3.8) is 0 Å². The van der Waals surface area contributed by atoms with Crippen molar-refractivity contribution in [2.45, 2.75) is 31.7 Å². The Morgan fingerprint density at radius 3 is 2.77 bits per heavy atom. The SMILES string of the molecule is c1ccc(N2CCCC2)c(CN2CC[C@@H](c3ccn[nH]3)C2)c1. The minimum absolute atomic E-state index is 0.612. The van der Waals surface area contributed by atoms with Crippen LogP contribution in [0, 0.1) is 0 Å². The largest absolute Gasteiger partial charge is 0.371 e. The molecule has 3 heterocycles. The van der Waals surface area contributed by atoms with Gasteiger partial charge in [-0.15, -0.1) is 0 Å². The van der Waals surface area contributed by atoms with Crippen LogP contribution in [-0.2, 0) is 6.54 Å². The lowest BCUT2D eigenvalue weighted by Crippen LogP contribution is -2.24. The fourth-order valence-corrected chi connectivity index (χ4v) is 3.88. The molecule has 4 heteroatoms. The van der Waals surface area contributed by atoms with Crippen molar-refractivity contribution >= 4 is 5.69 Å². The highest BCUT2D eigenvalue weighted by Crippen LogP contribution is 2.30. The Labute approximate surface area is 132 Å². The molecule has 1 aromatic heterocycles. The lowest BCUT2D eigenvalue weighted by Gasteiger charge is -2.24. The van der Waals surface area contributed by atoms with Gasteiger partial charge in [-0.1, -0.05) is 18.2 Å². The predicted octanol–water partition coefficient (Wildman–Crippen LogP) is 3.00. The van der Waals surface area contributed by atoms with Gasteiger partial charge in [0.25, 0.3) is 0 Å². The Morgan fingerprint density at radius 2 is 1.95 bits per heavy atom. The van der Waals surface area contributed by atoms with Crippen molar-refractivity contribution in [3.05, 3.63) is 47.8 Å². The van der Waals surface area contributed by atoms with Crippen LogP contribution in [0.3, 0.4) is 0 Å². The smallest absolute Gasteiger partial charge is 0.0490 e. The first-order valence-corrected chi connectivity index (χ1v) is 8.44. The van der Waals surface area contributed by atoms with E-state index >= 15 is 0 Å². The number of para-hydroxylation sites is 1. The van der Waals surface area contributed by atoms with Crippen LogP contribution < -0.4 is 4.90 Å². The van der Waals surface area contributed by atoms with E-state index in [1.165, 1.54) is 55.8 Å². The van der Waals surface area contributed by atoms with E-state index in [0.717, 1.165) is 13.1 Å². The molecule has 0 bridgehead atoms. The average Bonchev–Trinajstić information content (AvgIpc) is 3.30. The highest BCUT2D eigenvalue weighted by molar-refractivity contribution is 5.54. The van der Waals surface area contributed by atoms with Crippen molar-refractivity contribution in [1.29, 1.82) is 0 Å². The Bertz CT molecular complexity index is 601. The van der Waals surface area contributed by atoms with Crippen LogP contribution in [0.4, 0.5) is 5.69 Å². The van der Waals surface area contributed by atoms with Gasteiger partial charge in [-0.2, -0.15) is 5.10 Å². The van der Waals surface area contributed by atoms with Gasteiger partial charge in [-0.3, -0.25) is 10.00 Å². The van der Waals surface area contributed by atoms with E-state index in [1.807, 2.05) is 6.20 Å². The van der Waals surface area contributed by atoms with Crippen LogP contribution in [0.1, 0.15) is 36.4 Å². The first kappa shape index (κ1) is 13.8. The molecule has 1 N–H and O–H groups in total. The molecular weight excluding hydrogens is 272 g/mol. The van der Waals surface area contributed by atoms with E-state index in [-0.39, 0.29) is 0 Å². The second-order valence-electron chi connectivity index (χ2n) is 6.56. The Morgan fingerprint density at radius 1 is 1.09 bits per heavy atom. The summed E-state index contributed by atoms with van der Waals surface area (Å²) in [5.74, 6) is 0.612. The van der Waals surface area contributed by atoms with Crippen molar-refractivity contribution in [2.75, 3.05) is 31.1 Å². The number of H-pyrrole nitrogens is 1. The van der Waals surface area contributed by atoms with Crippen LogP contribution >= 0.6 is 0 Å². The van der Waals surface area contributed by atoms with Crippen molar-refractivity contribution < 1.29 is 0 Å². The molecular formula is C18H24N4. The Hall–Kier alpha value is -1.81. The summed E-state index contributed by atoms with van der Waals surface area (Å²) in [4.78, 5) is 5.14. The summed E-state index contributed by atoms with van der Waals surface area (Å²) in [7, 11) is 0. The first-order valence-electron chi connectivity index (χ1n) is 8.44. The van der Waals surface area contributed by atoms with Gasteiger partial charge in [0.05, 0.1) is 0 Å². The summed E-state index contributed by atoms with van der Waals surface area (Å²) in [6.45, 7) is 5.81. The summed E-state index contributed by atoms with van der Waals surface area (Å²) in [6.07, 6.45) is 5.76. The van der Waals surface area contributed by atoms with Gasteiger partial charge in [0.15, 0.2) is 0 Å². The minimum atomic E-state index is 0.612. The summed E-state index contributed by atoms with van der Waals surface area (Å²) in [6, 6.07) is 11.1. The maximum Gasteiger partial charge on any atom is 0.0490 e. The zero-order chi connectivity index (χ0) is 14.8. The van der Waals surface area contributed by atoms with Crippen LogP contribution in [0.25, 0.3) is 0 Å². The van der Waals surface area contributed by atoms with Crippen LogP contribution in [-0.4, -0.2) is 41.3 Å². The maximum absolute atomic E-state index is 4.09. The molecule has 4 rings (SSSR count). The number of aromatic amines is 1. The molecule has 0 unspecified atom stereocenters. The van der Waals surface area contributed by atoms with E-state index in [9.17, 15) is 0 Å². The zero-order valence-corrected chi connectivity index (χ0v) is 13.0. The van der Waals surface area contributed by atoms with Gasteiger partial charge >= 0.3 is 0 Å². The van der Waals surface area contributed by atoms with Gasteiger partial charge in [0.2, 0.25) is 0 Å². The van der Waals surface area contributed by atoms with E-state index < -0.39 is 0 Å². The third-order valence-electron chi connectivity index (χ3n) is 5.07. The maximum atomic E-state index is 4.09. The van der Waals surface area contributed by atoms with E-state index in [1.54, 1.807) is 0 Å². The number of nitrogens with one attached hydrogen (secondary N) is 1.